The van der Waals surface area contributed by atoms with Gasteiger partial charge in [0, 0.05) is 22.1 Å². The standard InChI is InChI=1S/C44H36N6O4/c1-27(29-13-5-3-6-14-29)45-41(51)37-21-11-23-39(47-37)43(53)49-35-19-9-17-31-26-34-32(25-33(31)35)18-10-20-36(34)50-44(54)40-24-12-22-38(48-40)42(52)46-28(2)30-15-7-4-8-16-30/h3-28H,1-2H3,(H,45,51)(H,46,52)(H,49,53)(H,50,54). The highest BCUT2D eigenvalue weighted by Gasteiger charge is 2.18. The van der Waals surface area contributed by atoms with Crippen LogP contribution in [-0.4, -0.2) is 33.6 Å². The molecule has 5 aromatic carbocycles. The molecule has 4 amide bonds. The van der Waals surface area contributed by atoms with Gasteiger partial charge in [-0.1, -0.05) is 97.1 Å². The van der Waals surface area contributed by atoms with Crippen molar-refractivity contribution in [2.75, 3.05) is 10.6 Å². The summed E-state index contributed by atoms with van der Waals surface area (Å²) in [5, 5.41) is 15.0. The van der Waals surface area contributed by atoms with Gasteiger partial charge in [0.1, 0.15) is 22.8 Å². The summed E-state index contributed by atoms with van der Waals surface area (Å²) in [6, 6.07) is 43.2. The van der Waals surface area contributed by atoms with Crippen LogP contribution >= 0.6 is 0 Å². The molecule has 0 saturated heterocycles. The number of amides is 4. The Morgan fingerprint density at radius 3 is 1.17 bits per heavy atom. The Morgan fingerprint density at radius 2 is 0.778 bits per heavy atom. The predicted molar refractivity (Wildman–Crippen MR) is 210 cm³/mol. The van der Waals surface area contributed by atoms with Gasteiger partial charge < -0.3 is 21.3 Å². The molecule has 0 aliphatic carbocycles. The fourth-order valence-corrected chi connectivity index (χ4v) is 6.21. The second kappa shape index (κ2) is 15.6. The molecule has 0 fully saturated rings. The van der Waals surface area contributed by atoms with E-state index in [4.69, 9.17) is 0 Å². The van der Waals surface area contributed by atoms with Crippen molar-refractivity contribution >= 4 is 56.5 Å². The highest BCUT2D eigenvalue weighted by Crippen LogP contribution is 2.32. The van der Waals surface area contributed by atoms with Crippen molar-refractivity contribution < 1.29 is 19.2 Å². The second-order valence-corrected chi connectivity index (χ2v) is 12.8. The quantitative estimate of drug-likeness (QED) is 0.105. The Morgan fingerprint density at radius 1 is 0.426 bits per heavy atom. The Bertz CT molecular complexity index is 2350. The molecule has 2 atom stereocenters. The largest absolute Gasteiger partial charge is 0.344 e. The van der Waals surface area contributed by atoms with Crippen molar-refractivity contribution in [2.45, 2.75) is 25.9 Å². The molecule has 0 aliphatic rings. The molecule has 0 bridgehead atoms. The third-order valence-corrected chi connectivity index (χ3v) is 9.10. The van der Waals surface area contributed by atoms with Gasteiger partial charge in [0.15, 0.2) is 0 Å². The SMILES string of the molecule is CC(NC(=O)c1cccc(C(=O)Nc2cccc3cc4c(NC(=O)c5cccc(C(=O)NC(C)c6ccccc6)n5)cccc4cc23)n1)c1ccccc1. The summed E-state index contributed by atoms with van der Waals surface area (Å²) in [5.74, 6) is -1.70. The molecule has 0 spiro atoms. The minimum absolute atomic E-state index is 0.0960. The van der Waals surface area contributed by atoms with Crippen LogP contribution in [0.15, 0.2) is 146 Å². The number of carbonyl (C=O) groups excluding carboxylic acids is 4. The molecule has 10 nitrogen and oxygen atoms in total. The molecule has 2 heterocycles. The number of hydrogen-bond acceptors (Lipinski definition) is 6. The molecule has 266 valence electrons. The maximum Gasteiger partial charge on any atom is 0.274 e. The Balaban J connectivity index is 1.07. The van der Waals surface area contributed by atoms with E-state index in [9.17, 15) is 19.2 Å². The predicted octanol–water partition coefficient (Wildman–Crippen LogP) is 8.27. The van der Waals surface area contributed by atoms with Crippen LogP contribution in [0.4, 0.5) is 11.4 Å². The van der Waals surface area contributed by atoms with Crippen LogP contribution in [0.1, 0.15) is 79.0 Å². The minimum Gasteiger partial charge on any atom is -0.344 e. The fourth-order valence-electron chi connectivity index (χ4n) is 6.21. The first kappa shape index (κ1) is 35.2. The van der Waals surface area contributed by atoms with Crippen LogP contribution in [-0.2, 0) is 0 Å². The minimum atomic E-state index is -0.465. The lowest BCUT2D eigenvalue weighted by Crippen LogP contribution is -2.28. The number of rotatable bonds is 10. The van der Waals surface area contributed by atoms with Crippen molar-refractivity contribution in [3.05, 3.63) is 179 Å². The number of nitrogens with zero attached hydrogens (tertiary/aromatic N) is 2. The van der Waals surface area contributed by atoms with E-state index < -0.39 is 11.8 Å². The second-order valence-electron chi connectivity index (χ2n) is 12.8. The maximum absolute atomic E-state index is 13.4. The van der Waals surface area contributed by atoms with E-state index in [0.717, 1.165) is 32.7 Å². The summed E-state index contributed by atoms with van der Waals surface area (Å²) in [4.78, 5) is 61.6. The molecule has 0 radical (unpaired) electrons. The molecule has 2 unspecified atom stereocenters. The van der Waals surface area contributed by atoms with E-state index in [1.165, 1.54) is 0 Å². The van der Waals surface area contributed by atoms with Crippen LogP contribution < -0.4 is 21.3 Å². The van der Waals surface area contributed by atoms with Crippen molar-refractivity contribution in [3.63, 3.8) is 0 Å². The van der Waals surface area contributed by atoms with Crippen LogP contribution in [0.25, 0.3) is 21.5 Å². The van der Waals surface area contributed by atoms with E-state index in [-0.39, 0.29) is 46.7 Å². The van der Waals surface area contributed by atoms with Gasteiger partial charge in [-0.25, -0.2) is 9.97 Å². The molecular weight excluding hydrogens is 677 g/mol. The molecule has 54 heavy (non-hydrogen) atoms. The van der Waals surface area contributed by atoms with Gasteiger partial charge in [0.2, 0.25) is 0 Å². The molecule has 10 heteroatoms. The Hall–Kier alpha value is -7.20. The summed E-state index contributed by atoms with van der Waals surface area (Å²) < 4.78 is 0. The lowest BCUT2D eigenvalue weighted by atomic mass is 10.0. The summed E-state index contributed by atoms with van der Waals surface area (Å²) >= 11 is 0. The van der Waals surface area contributed by atoms with Crippen molar-refractivity contribution in [2.24, 2.45) is 0 Å². The van der Waals surface area contributed by atoms with E-state index in [0.29, 0.717) is 11.4 Å². The maximum atomic E-state index is 13.4. The number of fused-ring (bicyclic) bond motifs is 2. The number of aromatic nitrogens is 2. The molecule has 7 rings (SSSR count). The lowest BCUT2D eigenvalue weighted by Gasteiger charge is -2.15. The van der Waals surface area contributed by atoms with E-state index in [2.05, 4.69) is 31.2 Å². The smallest absolute Gasteiger partial charge is 0.274 e. The number of benzene rings is 5. The van der Waals surface area contributed by atoms with Crippen LogP contribution in [0.2, 0.25) is 0 Å². The highest BCUT2D eigenvalue weighted by atomic mass is 16.2. The van der Waals surface area contributed by atoms with Gasteiger partial charge in [-0.15, -0.1) is 0 Å². The van der Waals surface area contributed by atoms with E-state index >= 15 is 0 Å². The molecule has 7 aromatic rings. The van der Waals surface area contributed by atoms with Crippen molar-refractivity contribution in [3.8, 4) is 0 Å². The van der Waals surface area contributed by atoms with Crippen LogP contribution in [0.3, 0.4) is 0 Å². The molecule has 0 saturated carbocycles. The summed E-state index contributed by atoms with van der Waals surface area (Å²) in [5.41, 5.74) is 3.48. The third kappa shape index (κ3) is 7.83. The number of pyridine rings is 2. The zero-order valence-corrected chi connectivity index (χ0v) is 29.5. The van der Waals surface area contributed by atoms with Gasteiger partial charge in [0.25, 0.3) is 23.6 Å². The molecule has 4 N–H and O–H groups in total. The first-order valence-corrected chi connectivity index (χ1v) is 17.5. The lowest BCUT2D eigenvalue weighted by molar-refractivity contribution is 0.0925. The topological polar surface area (TPSA) is 142 Å². The Labute approximate surface area is 311 Å². The molecule has 2 aromatic heterocycles. The van der Waals surface area contributed by atoms with Crippen LogP contribution in [0, 0.1) is 0 Å². The van der Waals surface area contributed by atoms with Gasteiger partial charge in [-0.2, -0.15) is 0 Å². The zero-order valence-electron chi connectivity index (χ0n) is 29.5. The fraction of sp³-hybridized carbons (Fsp3) is 0.0909. The Kier molecular flexibility index (Phi) is 10.2. The van der Waals surface area contributed by atoms with Gasteiger partial charge >= 0.3 is 0 Å². The van der Waals surface area contributed by atoms with Gasteiger partial charge in [0.05, 0.1) is 12.1 Å². The van der Waals surface area contributed by atoms with E-state index in [1.807, 2.05) is 111 Å². The average molecular weight is 713 g/mol. The number of nitrogens with one attached hydrogen (secondary N) is 4. The normalized spacial score (nSPS) is 12.0. The number of hydrogen-bond donors (Lipinski definition) is 4. The first-order valence-electron chi connectivity index (χ1n) is 17.5. The van der Waals surface area contributed by atoms with Crippen LogP contribution in [0.5, 0.6) is 0 Å². The van der Waals surface area contributed by atoms with Crippen molar-refractivity contribution in [1.82, 2.24) is 20.6 Å². The molecule has 0 aliphatic heterocycles. The summed E-state index contributed by atoms with van der Waals surface area (Å²) in [6.07, 6.45) is 0. The summed E-state index contributed by atoms with van der Waals surface area (Å²) in [6.45, 7) is 3.77. The first-order chi connectivity index (χ1) is 26.2. The van der Waals surface area contributed by atoms with Gasteiger partial charge in [-0.05, 0) is 84.3 Å². The monoisotopic (exact) mass is 712 g/mol. The summed E-state index contributed by atoms with van der Waals surface area (Å²) in [7, 11) is 0. The zero-order chi connectivity index (χ0) is 37.6. The number of anilines is 2. The molecular formula is C44H36N6O4. The highest BCUT2D eigenvalue weighted by molar-refractivity contribution is 6.14. The average Bonchev–Trinajstić information content (AvgIpc) is 3.21. The van der Waals surface area contributed by atoms with Gasteiger partial charge in [-0.3, -0.25) is 19.2 Å². The van der Waals surface area contributed by atoms with Crippen molar-refractivity contribution in [1.29, 1.82) is 0 Å². The van der Waals surface area contributed by atoms with E-state index in [1.54, 1.807) is 48.5 Å². The number of carbonyl (C=O) groups is 4. The third-order valence-electron chi connectivity index (χ3n) is 9.10.